The van der Waals surface area contributed by atoms with Gasteiger partial charge >= 0.3 is 0 Å². The molecule has 1 aliphatic rings. The molecule has 19 heavy (non-hydrogen) atoms. The molecule has 1 amide bonds. The minimum Gasteiger partial charge on any atom is -0.325 e. The zero-order valence-corrected chi connectivity index (χ0v) is 10.3. The van der Waals surface area contributed by atoms with E-state index >= 15 is 0 Å². The molecule has 7 heteroatoms. The van der Waals surface area contributed by atoms with Crippen LogP contribution in [0.25, 0.3) is 5.69 Å². The van der Waals surface area contributed by atoms with Crippen molar-refractivity contribution in [2.24, 2.45) is 0 Å². The molecule has 0 bridgehead atoms. The molecular weight excluding hydrogens is 244 g/mol. The Labute approximate surface area is 110 Å². The van der Waals surface area contributed by atoms with Crippen molar-refractivity contribution in [1.29, 1.82) is 0 Å². The van der Waals surface area contributed by atoms with Crippen LogP contribution in [0.3, 0.4) is 0 Å². The summed E-state index contributed by atoms with van der Waals surface area (Å²) in [4.78, 5) is 11.9. The highest BCUT2D eigenvalue weighted by Gasteiger charge is 2.21. The normalized spacial score (nSPS) is 18.4. The van der Waals surface area contributed by atoms with Crippen LogP contribution in [0, 0.1) is 0 Å². The number of rotatable bonds is 3. The first-order valence-corrected chi connectivity index (χ1v) is 6.20. The lowest BCUT2D eigenvalue weighted by Gasteiger charge is -2.11. The lowest BCUT2D eigenvalue weighted by Crippen LogP contribution is -2.35. The Bertz CT molecular complexity index is 544. The summed E-state index contributed by atoms with van der Waals surface area (Å²) in [5.74, 6) is 0.0210. The van der Waals surface area contributed by atoms with Crippen molar-refractivity contribution in [2.75, 3.05) is 11.9 Å². The molecule has 3 rings (SSSR count). The van der Waals surface area contributed by atoms with Crippen molar-refractivity contribution in [3.05, 3.63) is 30.6 Å². The van der Waals surface area contributed by atoms with Gasteiger partial charge < -0.3 is 10.6 Å². The average molecular weight is 258 g/mol. The molecule has 1 unspecified atom stereocenters. The number of amides is 1. The minimum absolute atomic E-state index is 0.0210. The molecule has 0 aliphatic carbocycles. The number of anilines is 1. The highest BCUT2D eigenvalue weighted by Crippen LogP contribution is 2.13. The Morgan fingerprint density at radius 2 is 2.21 bits per heavy atom. The SMILES string of the molecule is O=C(Nc1ccc(-n2cnnn2)cc1)C1CCCN1. The van der Waals surface area contributed by atoms with Crippen LogP contribution >= 0.6 is 0 Å². The number of carbonyl (C=O) groups is 1. The summed E-state index contributed by atoms with van der Waals surface area (Å²) in [5, 5.41) is 17.0. The predicted octanol–water partition coefficient (Wildman–Crippen LogP) is 0.353. The third kappa shape index (κ3) is 2.60. The smallest absolute Gasteiger partial charge is 0.241 e. The van der Waals surface area contributed by atoms with E-state index in [2.05, 4.69) is 26.2 Å². The van der Waals surface area contributed by atoms with Gasteiger partial charge in [-0.2, -0.15) is 0 Å². The fraction of sp³-hybridized carbons (Fsp3) is 0.333. The van der Waals surface area contributed by atoms with Gasteiger partial charge in [0.25, 0.3) is 0 Å². The molecule has 1 aromatic heterocycles. The van der Waals surface area contributed by atoms with Crippen molar-refractivity contribution >= 4 is 11.6 Å². The van der Waals surface area contributed by atoms with Crippen LogP contribution in [0.15, 0.2) is 30.6 Å². The Hall–Kier alpha value is -2.28. The molecule has 1 atom stereocenters. The molecule has 2 N–H and O–H groups in total. The molecule has 0 spiro atoms. The van der Waals surface area contributed by atoms with Crippen molar-refractivity contribution in [1.82, 2.24) is 25.5 Å². The van der Waals surface area contributed by atoms with E-state index in [1.165, 1.54) is 6.33 Å². The Morgan fingerprint density at radius 3 is 2.84 bits per heavy atom. The zero-order chi connectivity index (χ0) is 13.1. The van der Waals surface area contributed by atoms with Crippen LogP contribution in [-0.4, -0.2) is 38.7 Å². The van der Waals surface area contributed by atoms with Crippen LogP contribution in [0.1, 0.15) is 12.8 Å². The van der Waals surface area contributed by atoms with Crippen molar-refractivity contribution < 1.29 is 4.79 Å². The second-order valence-corrected chi connectivity index (χ2v) is 4.44. The monoisotopic (exact) mass is 258 g/mol. The van der Waals surface area contributed by atoms with Gasteiger partial charge in [0.1, 0.15) is 6.33 Å². The first-order valence-electron chi connectivity index (χ1n) is 6.20. The Morgan fingerprint density at radius 1 is 1.37 bits per heavy atom. The zero-order valence-electron chi connectivity index (χ0n) is 10.3. The van der Waals surface area contributed by atoms with Crippen molar-refractivity contribution in [3.63, 3.8) is 0 Å². The number of aromatic nitrogens is 4. The quantitative estimate of drug-likeness (QED) is 0.830. The maximum Gasteiger partial charge on any atom is 0.241 e. The summed E-state index contributed by atoms with van der Waals surface area (Å²) in [5.41, 5.74) is 1.62. The van der Waals surface area contributed by atoms with Crippen LogP contribution in [0.5, 0.6) is 0 Å². The summed E-state index contributed by atoms with van der Waals surface area (Å²) in [6.45, 7) is 0.913. The largest absolute Gasteiger partial charge is 0.325 e. The van der Waals surface area contributed by atoms with E-state index in [-0.39, 0.29) is 11.9 Å². The van der Waals surface area contributed by atoms with E-state index in [1.54, 1.807) is 4.68 Å². The van der Waals surface area contributed by atoms with E-state index in [9.17, 15) is 4.79 Å². The third-order valence-corrected chi connectivity index (χ3v) is 3.13. The summed E-state index contributed by atoms with van der Waals surface area (Å²) in [6.07, 6.45) is 3.47. The van der Waals surface area contributed by atoms with Gasteiger partial charge in [-0.1, -0.05) is 0 Å². The van der Waals surface area contributed by atoms with Crippen molar-refractivity contribution in [2.45, 2.75) is 18.9 Å². The fourth-order valence-electron chi connectivity index (χ4n) is 2.11. The second-order valence-electron chi connectivity index (χ2n) is 4.44. The number of nitrogens with one attached hydrogen (secondary N) is 2. The molecule has 2 heterocycles. The topological polar surface area (TPSA) is 84.7 Å². The molecule has 0 radical (unpaired) electrons. The lowest BCUT2D eigenvalue weighted by molar-refractivity contribution is -0.117. The molecule has 7 nitrogen and oxygen atoms in total. The van der Waals surface area contributed by atoms with Gasteiger partial charge in [-0.25, -0.2) is 4.68 Å². The molecule has 0 saturated carbocycles. The van der Waals surface area contributed by atoms with Crippen LogP contribution in [-0.2, 0) is 4.79 Å². The maximum atomic E-state index is 11.9. The summed E-state index contributed by atoms with van der Waals surface area (Å²) < 4.78 is 1.56. The average Bonchev–Trinajstić information content (AvgIpc) is 3.13. The number of hydrogen-bond donors (Lipinski definition) is 2. The van der Waals surface area contributed by atoms with Crippen LogP contribution < -0.4 is 10.6 Å². The number of nitrogens with zero attached hydrogens (tertiary/aromatic N) is 4. The number of carbonyl (C=O) groups excluding carboxylic acids is 1. The van der Waals surface area contributed by atoms with Gasteiger partial charge in [0.05, 0.1) is 11.7 Å². The van der Waals surface area contributed by atoms with Crippen LogP contribution in [0.4, 0.5) is 5.69 Å². The molecule has 1 aliphatic heterocycles. The standard InChI is InChI=1S/C12H14N6O/c19-12(11-2-1-7-13-11)15-9-3-5-10(6-4-9)18-8-14-16-17-18/h3-6,8,11,13H,1-2,7H2,(H,15,19). The molecule has 1 aromatic carbocycles. The van der Waals surface area contributed by atoms with E-state index in [1.807, 2.05) is 24.3 Å². The summed E-state index contributed by atoms with van der Waals surface area (Å²) in [7, 11) is 0. The second kappa shape index (κ2) is 5.15. The molecule has 2 aromatic rings. The summed E-state index contributed by atoms with van der Waals surface area (Å²) in [6, 6.07) is 7.31. The van der Waals surface area contributed by atoms with Gasteiger partial charge in [0.2, 0.25) is 5.91 Å². The van der Waals surface area contributed by atoms with E-state index in [4.69, 9.17) is 0 Å². The van der Waals surface area contributed by atoms with Gasteiger partial charge in [-0.05, 0) is 54.1 Å². The molecule has 98 valence electrons. The maximum absolute atomic E-state index is 11.9. The third-order valence-electron chi connectivity index (χ3n) is 3.13. The highest BCUT2D eigenvalue weighted by molar-refractivity contribution is 5.95. The van der Waals surface area contributed by atoms with Gasteiger partial charge in [0.15, 0.2) is 0 Å². The first kappa shape index (κ1) is 11.8. The number of hydrogen-bond acceptors (Lipinski definition) is 5. The fourth-order valence-corrected chi connectivity index (χ4v) is 2.11. The van der Waals surface area contributed by atoms with Gasteiger partial charge in [-0.15, -0.1) is 5.10 Å². The Balaban J connectivity index is 1.67. The number of benzene rings is 1. The van der Waals surface area contributed by atoms with Gasteiger partial charge in [-0.3, -0.25) is 4.79 Å². The van der Waals surface area contributed by atoms with Gasteiger partial charge in [0, 0.05) is 5.69 Å². The van der Waals surface area contributed by atoms with E-state index in [0.717, 1.165) is 30.8 Å². The summed E-state index contributed by atoms with van der Waals surface area (Å²) >= 11 is 0. The minimum atomic E-state index is -0.0702. The van der Waals surface area contributed by atoms with Crippen molar-refractivity contribution in [3.8, 4) is 5.69 Å². The number of tetrazole rings is 1. The van der Waals surface area contributed by atoms with Crippen LogP contribution in [0.2, 0.25) is 0 Å². The lowest BCUT2D eigenvalue weighted by atomic mass is 10.2. The highest BCUT2D eigenvalue weighted by atomic mass is 16.2. The molecule has 1 fully saturated rings. The van der Waals surface area contributed by atoms with E-state index < -0.39 is 0 Å². The molecule has 1 saturated heterocycles. The van der Waals surface area contributed by atoms with E-state index in [0.29, 0.717) is 0 Å². The Kier molecular flexibility index (Phi) is 3.20. The molecular formula is C12H14N6O. The predicted molar refractivity (Wildman–Crippen MR) is 68.8 cm³/mol. The first-order chi connectivity index (χ1) is 9.33.